The standard InChI is InChI=1S/C63H71B2N/c1-38(2)46-33-49(40(5)6)61(50(34-46)41(7)8)64-55-26-17-18-27-56(55)65(62-51(42(9)10)35-47(39(3)4)36-52(62)43(11)12)58-37-45(30-31-57(58)64)44-22-21-23-48(32-44)66-59-28-19-15-24-53(59)63(13,14)54-25-16-20-29-60(54)66/h15-43H,1-14H3. The molecule has 7 aromatic carbocycles. The zero-order chi connectivity index (χ0) is 46.9. The summed E-state index contributed by atoms with van der Waals surface area (Å²) in [5.41, 5.74) is 26.4. The molecule has 1 nitrogen and oxygen atoms in total. The van der Waals surface area contributed by atoms with Gasteiger partial charge in [-0.2, -0.15) is 0 Å². The molecule has 66 heavy (non-hydrogen) atoms. The second kappa shape index (κ2) is 17.6. The van der Waals surface area contributed by atoms with Gasteiger partial charge in [0.1, 0.15) is 0 Å². The van der Waals surface area contributed by atoms with Crippen molar-refractivity contribution >= 4 is 63.3 Å². The van der Waals surface area contributed by atoms with E-state index in [1.807, 2.05) is 0 Å². The fraction of sp³-hybridized carbons (Fsp3) is 0.333. The molecule has 0 saturated heterocycles. The minimum atomic E-state index is -0.112. The number of hydrogen-bond donors (Lipinski definition) is 0. The van der Waals surface area contributed by atoms with Gasteiger partial charge in [-0.3, -0.25) is 0 Å². The number of fused-ring (bicyclic) bond motifs is 4. The first-order chi connectivity index (χ1) is 31.5. The molecule has 334 valence electrons. The van der Waals surface area contributed by atoms with Crippen LogP contribution in [0, 0.1) is 0 Å². The molecule has 3 heteroatoms. The first-order valence-corrected chi connectivity index (χ1v) is 25.2. The van der Waals surface area contributed by atoms with E-state index in [-0.39, 0.29) is 18.8 Å². The number of anilines is 3. The van der Waals surface area contributed by atoms with Gasteiger partial charge in [-0.05, 0) is 115 Å². The highest BCUT2D eigenvalue weighted by molar-refractivity contribution is 7.11. The average molecular weight is 864 g/mol. The van der Waals surface area contributed by atoms with Crippen LogP contribution in [0.4, 0.5) is 17.1 Å². The van der Waals surface area contributed by atoms with Gasteiger partial charge in [0.15, 0.2) is 0 Å². The van der Waals surface area contributed by atoms with Crippen molar-refractivity contribution in [3.8, 4) is 11.1 Å². The summed E-state index contributed by atoms with van der Waals surface area (Å²) in [6.07, 6.45) is 0. The normalized spacial score (nSPS) is 14.2. The third-order valence-electron chi connectivity index (χ3n) is 15.3. The highest BCUT2D eigenvalue weighted by Crippen LogP contribution is 2.52. The SMILES string of the molecule is CC(C)c1cc(C(C)C)c(B2c3ccccc3B(c3c(C(C)C)cc(C(C)C)cc3C(C)C)c3cc(-c4cccc(N5c6ccccc6C(C)(C)c6ccccc65)c4)ccc32)c(C(C)C)c1. The molecule has 0 amide bonds. The first kappa shape index (κ1) is 45.6. The number of rotatable bonds is 10. The average Bonchev–Trinajstić information content (AvgIpc) is 3.30. The lowest BCUT2D eigenvalue weighted by Crippen LogP contribution is -2.76. The van der Waals surface area contributed by atoms with Crippen LogP contribution in [0.2, 0.25) is 0 Å². The Morgan fingerprint density at radius 3 is 1.20 bits per heavy atom. The van der Waals surface area contributed by atoms with Crippen LogP contribution in [0.1, 0.15) is 177 Å². The molecular weight excluding hydrogens is 792 g/mol. The molecule has 0 bridgehead atoms. The van der Waals surface area contributed by atoms with Crippen LogP contribution >= 0.6 is 0 Å². The summed E-state index contributed by atoms with van der Waals surface area (Å²) in [4.78, 5) is 2.49. The third-order valence-corrected chi connectivity index (χ3v) is 15.3. The smallest absolute Gasteiger partial charge is 0.240 e. The van der Waals surface area contributed by atoms with E-state index in [1.54, 1.807) is 0 Å². The topological polar surface area (TPSA) is 3.24 Å². The van der Waals surface area contributed by atoms with Crippen LogP contribution in [-0.2, 0) is 5.41 Å². The molecule has 0 radical (unpaired) electrons. The second-order valence-corrected chi connectivity index (χ2v) is 22.0. The maximum Gasteiger partial charge on any atom is 0.240 e. The van der Waals surface area contributed by atoms with Crippen LogP contribution in [0.15, 0.2) is 140 Å². The van der Waals surface area contributed by atoms with Crippen molar-refractivity contribution in [3.05, 3.63) is 184 Å². The summed E-state index contributed by atoms with van der Waals surface area (Å²) in [5, 5.41) is 0. The highest BCUT2D eigenvalue weighted by atomic mass is 15.2. The molecule has 2 aliphatic rings. The largest absolute Gasteiger partial charge is 0.310 e. The third kappa shape index (κ3) is 7.69. The highest BCUT2D eigenvalue weighted by Gasteiger charge is 2.43. The van der Waals surface area contributed by atoms with E-state index in [9.17, 15) is 0 Å². The van der Waals surface area contributed by atoms with Crippen molar-refractivity contribution in [1.82, 2.24) is 0 Å². The van der Waals surface area contributed by atoms with E-state index in [0.717, 1.165) is 0 Å². The van der Waals surface area contributed by atoms with Gasteiger partial charge in [-0.25, -0.2) is 0 Å². The van der Waals surface area contributed by atoms with Crippen LogP contribution in [0.3, 0.4) is 0 Å². The van der Waals surface area contributed by atoms with E-state index in [0.29, 0.717) is 35.5 Å². The lowest BCUT2D eigenvalue weighted by atomic mass is 9.20. The molecule has 2 aliphatic heterocycles. The Labute approximate surface area is 399 Å². The maximum absolute atomic E-state index is 2.61. The number of hydrogen-bond acceptors (Lipinski definition) is 1. The van der Waals surface area contributed by atoms with E-state index < -0.39 is 0 Å². The van der Waals surface area contributed by atoms with E-state index in [1.165, 1.54) is 105 Å². The van der Waals surface area contributed by atoms with Crippen LogP contribution in [0.25, 0.3) is 11.1 Å². The quantitative estimate of drug-likeness (QED) is 0.124. The lowest BCUT2D eigenvalue weighted by molar-refractivity contribution is 0.632. The molecule has 9 rings (SSSR count). The Morgan fingerprint density at radius 1 is 0.364 bits per heavy atom. The Kier molecular flexibility index (Phi) is 12.2. The zero-order valence-electron chi connectivity index (χ0n) is 42.3. The summed E-state index contributed by atoms with van der Waals surface area (Å²) in [7, 11) is 0. The van der Waals surface area contributed by atoms with E-state index >= 15 is 0 Å². The van der Waals surface area contributed by atoms with Crippen molar-refractivity contribution in [2.24, 2.45) is 0 Å². The Balaban J connectivity index is 1.33. The molecule has 0 N–H and O–H groups in total. The summed E-state index contributed by atoms with van der Waals surface area (Å²) < 4.78 is 0. The lowest BCUT2D eigenvalue weighted by Gasteiger charge is -2.42. The predicted molar refractivity (Wildman–Crippen MR) is 292 cm³/mol. The molecule has 0 aromatic heterocycles. The summed E-state index contributed by atoms with van der Waals surface area (Å²) in [5.74, 6) is 2.41. The Hall–Kier alpha value is -5.53. The minimum absolute atomic E-state index is 0.0783. The van der Waals surface area contributed by atoms with Crippen molar-refractivity contribution in [2.45, 2.75) is 138 Å². The Bertz CT molecular complexity index is 2840. The van der Waals surface area contributed by atoms with E-state index in [4.69, 9.17) is 0 Å². The molecule has 7 aromatic rings. The van der Waals surface area contributed by atoms with Crippen molar-refractivity contribution in [1.29, 1.82) is 0 Å². The summed E-state index contributed by atoms with van der Waals surface area (Å²) >= 11 is 0. The van der Waals surface area contributed by atoms with Gasteiger partial charge in [0, 0.05) is 11.1 Å². The van der Waals surface area contributed by atoms with Gasteiger partial charge in [0.25, 0.3) is 0 Å². The molecule has 0 atom stereocenters. The van der Waals surface area contributed by atoms with Crippen molar-refractivity contribution in [3.63, 3.8) is 0 Å². The van der Waals surface area contributed by atoms with Gasteiger partial charge in [-0.1, -0.05) is 245 Å². The second-order valence-electron chi connectivity index (χ2n) is 22.0. The molecule has 0 fully saturated rings. The van der Waals surface area contributed by atoms with Crippen LogP contribution < -0.4 is 37.7 Å². The van der Waals surface area contributed by atoms with Crippen LogP contribution in [-0.4, -0.2) is 13.4 Å². The van der Waals surface area contributed by atoms with Gasteiger partial charge < -0.3 is 4.90 Å². The number of nitrogens with zero attached hydrogens (tertiary/aromatic N) is 1. The zero-order valence-corrected chi connectivity index (χ0v) is 42.3. The fourth-order valence-electron chi connectivity index (χ4n) is 11.7. The van der Waals surface area contributed by atoms with Crippen LogP contribution in [0.5, 0.6) is 0 Å². The maximum atomic E-state index is 2.61. The molecule has 0 spiro atoms. The summed E-state index contributed by atoms with van der Waals surface area (Å²) in [6, 6.07) is 54.7. The van der Waals surface area contributed by atoms with Gasteiger partial charge in [0.2, 0.25) is 13.4 Å². The number of para-hydroxylation sites is 2. The van der Waals surface area contributed by atoms with Gasteiger partial charge in [-0.15, -0.1) is 0 Å². The van der Waals surface area contributed by atoms with Crippen molar-refractivity contribution in [2.75, 3.05) is 4.90 Å². The first-order valence-electron chi connectivity index (χ1n) is 25.2. The molecule has 0 unspecified atom stereocenters. The molecular formula is C63H71B2N. The Morgan fingerprint density at radius 2 is 0.758 bits per heavy atom. The molecule has 0 aliphatic carbocycles. The predicted octanol–water partition coefficient (Wildman–Crippen LogP) is 13.5. The number of benzene rings is 7. The molecule has 2 heterocycles. The summed E-state index contributed by atoms with van der Waals surface area (Å²) in [6.45, 7) is 33.6. The fourth-order valence-corrected chi connectivity index (χ4v) is 11.7. The minimum Gasteiger partial charge on any atom is -0.310 e. The van der Waals surface area contributed by atoms with Crippen molar-refractivity contribution < 1.29 is 0 Å². The van der Waals surface area contributed by atoms with Gasteiger partial charge in [0.05, 0.1) is 11.4 Å². The monoisotopic (exact) mass is 864 g/mol. The molecule has 0 saturated carbocycles. The van der Waals surface area contributed by atoms with Gasteiger partial charge >= 0.3 is 0 Å². The van der Waals surface area contributed by atoms with E-state index in [2.05, 4.69) is 241 Å².